The van der Waals surface area contributed by atoms with Crippen LogP contribution in [0.1, 0.15) is 6.42 Å². The standard InChI is InChI=1S/C9H14O2/c10-6-9(7-11)8-4-2-1-3-5-8/h1-4,8-11H,5-7H2. The van der Waals surface area contributed by atoms with Crippen molar-refractivity contribution >= 4 is 0 Å². The average molecular weight is 154 g/mol. The Bertz CT molecular complexity index is 157. The quantitative estimate of drug-likeness (QED) is 0.628. The highest BCUT2D eigenvalue weighted by molar-refractivity contribution is 5.11. The van der Waals surface area contributed by atoms with Crippen molar-refractivity contribution in [3.05, 3.63) is 24.3 Å². The molecule has 0 aliphatic heterocycles. The monoisotopic (exact) mass is 154 g/mol. The molecule has 2 heteroatoms. The molecule has 1 rings (SSSR count). The first kappa shape index (κ1) is 8.50. The number of allylic oxidation sites excluding steroid dienone is 4. The van der Waals surface area contributed by atoms with Gasteiger partial charge in [0.2, 0.25) is 0 Å². The molecule has 1 unspecified atom stereocenters. The highest BCUT2D eigenvalue weighted by Crippen LogP contribution is 2.20. The zero-order valence-electron chi connectivity index (χ0n) is 6.48. The number of hydrogen-bond acceptors (Lipinski definition) is 2. The van der Waals surface area contributed by atoms with E-state index in [1.54, 1.807) is 0 Å². The molecule has 0 spiro atoms. The van der Waals surface area contributed by atoms with Crippen LogP contribution in [0.3, 0.4) is 0 Å². The van der Waals surface area contributed by atoms with Gasteiger partial charge in [0.05, 0.1) is 0 Å². The molecular formula is C9H14O2. The van der Waals surface area contributed by atoms with Gasteiger partial charge in [-0.15, -0.1) is 0 Å². The number of aliphatic hydroxyl groups is 2. The third-order valence-electron chi connectivity index (χ3n) is 2.09. The van der Waals surface area contributed by atoms with Crippen LogP contribution in [0.2, 0.25) is 0 Å². The predicted octanol–water partition coefficient (Wildman–Crippen LogP) is 0.720. The van der Waals surface area contributed by atoms with E-state index in [1.807, 2.05) is 18.2 Å². The van der Waals surface area contributed by atoms with E-state index >= 15 is 0 Å². The van der Waals surface area contributed by atoms with Crippen molar-refractivity contribution in [2.45, 2.75) is 6.42 Å². The summed E-state index contributed by atoms with van der Waals surface area (Å²) in [4.78, 5) is 0. The molecule has 0 aromatic heterocycles. The molecule has 0 aromatic carbocycles. The summed E-state index contributed by atoms with van der Waals surface area (Å²) in [5.41, 5.74) is 0. The van der Waals surface area contributed by atoms with Crippen molar-refractivity contribution in [2.24, 2.45) is 11.8 Å². The second-order valence-corrected chi connectivity index (χ2v) is 2.84. The Hall–Kier alpha value is -0.600. The van der Waals surface area contributed by atoms with Gasteiger partial charge in [-0.25, -0.2) is 0 Å². The topological polar surface area (TPSA) is 40.5 Å². The van der Waals surface area contributed by atoms with E-state index in [9.17, 15) is 0 Å². The molecular weight excluding hydrogens is 140 g/mol. The number of hydrogen-bond donors (Lipinski definition) is 2. The third-order valence-corrected chi connectivity index (χ3v) is 2.09. The first-order chi connectivity index (χ1) is 5.38. The normalized spacial score (nSPS) is 23.0. The minimum atomic E-state index is 0.0104. The Kier molecular flexibility index (Phi) is 3.33. The third kappa shape index (κ3) is 2.17. The smallest absolute Gasteiger partial charge is 0.0486 e. The fraction of sp³-hybridized carbons (Fsp3) is 0.556. The van der Waals surface area contributed by atoms with Crippen LogP contribution in [0, 0.1) is 11.8 Å². The highest BCUT2D eigenvalue weighted by atomic mass is 16.3. The van der Waals surface area contributed by atoms with E-state index in [4.69, 9.17) is 10.2 Å². The minimum absolute atomic E-state index is 0.0104. The van der Waals surface area contributed by atoms with Crippen LogP contribution in [0.5, 0.6) is 0 Å². The van der Waals surface area contributed by atoms with E-state index in [1.165, 1.54) is 0 Å². The largest absolute Gasteiger partial charge is 0.396 e. The van der Waals surface area contributed by atoms with Crippen molar-refractivity contribution < 1.29 is 10.2 Å². The van der Waals surface area contributed by atoms with E-state index in [2.05, 4.69) is 6.08 Å². The van der Waals surface area contributed by atoms with Crippen LogP contribution in [-0.2, 0) is 0 Å². The van der Waals surface area contributed by atoms with Crippen molar-refractivity contribution in [3.8, 4) is 0 Å². The molecule has 1 atom stereocenters. The average Bonchev–Trinajstić information content (AvgIpc) is 2.09. The van der Waals surface area contributed by atoms with Crippen molar-refractivity contribution in [1.82, 2.24) is 0 Å². The van der Waals surface area contributed by atoms with E-state index in [0.717, 1.165) is 6.42 Å². The zero-order chi connectivity index (χ0) is 8.10. The molecule has 2 N–H and O–H groups in total. The number of rotatable bonds is 3. The summed E-state index contributed by atoms with van der Waals surface area (Å²) in [6, 6.07) is 0. The lowest BCUT2D eigenvalue weighted by Gasteiger charge is -2.20. The first-order valence-electron chi connectivity index (χ1n) is 3.93. The van der Waals surface area contributed by atoms with Gasteiger partial charge in [-0.1, -0.05) is 24.3 Å². The van der Waals surface area contributed by atoms with Gasteiger partial charge < -0.3 is 10.2 Å². The maximum atomic E-state index is 8.86. The number of aliphatic hydroxyl groups excluding tert-OH is 2. The summed E-state index contributed by atoms with van der Waals surface area (Å²) in [6.45, 7) is 0.138. The van der Waals surface area contributed by atoms with Gasteiger partial charge in [-0.3, -0.25) is 0 Å². The molecule has 0 saturated carbocycles. The Morgan fingerprint density at radius 2 is 2.00 bits per heavy atom. The Labute approximate surface area is 66.9 Å². The van der Waals surface area contributed by atoms with E-state index < -0.39 is 0 Å². The molecule has 62 valence electrons. The summed E-state index contributed by atoms with van der Waals surface area (Å²) < 4.78 is 0. The van der Waals surface area contributed by atoms with Gasteiger partial charge in [0, 0.05) is 19.1 Å². The van der Waals surface area contributed by atoms with Crippen LogP contribution in [0.4, 0.5) is 0 Å². The summed E-state index contributed by atoms with van der Waals surface area (Å²) in [7, 11) is 0. The van der Waals surface area contributed by atoms with Gasteiger partial charge in [0.15, 0.2) is 0 Å². The molecule has 0 aromatic rings. The first-order valence-corrected chi connectivity index (χ1v) is 3.93. The van der Waals surface area contributed by atoms with Crippen molar-refractivity contribution in [3.63, 3.8) is 0 Å². The molecule has 0 bridgehead atoms. The van der Waals surface area contributed by atoms with Crippen LogP contribution in [0.25, 0.3) is 0 Å². The highest BCUT2D eigenvalue weighted by Gasteiger charge is 2.16. The Morgan fingerprint density at radius 1 is 1.27 bits per heavy atom. The molecule has 0 amide bonds. The van der Waals surface area contributed by atoms with Crippen molar-refractivity contribution in [1.29, 1.82) is 0 Å². The van der Waals surface area contributed by atoms with Crippen LogP contribution >= 0.6 is 0 Å². The van der Waals surface area contributed by atoms with E-state index in [0.29, 0.717) is 5.92 Å². The second-order valence-electron chi connectivity index (χ2n) is 2.84. The van der Waals surface area contributed by atoms with Gasteiger partial charge in [0.1, 0.15) is 0 Å². The Morgan fingerprint density at radius 3 is 2.45 bits per heavy atom. The van der Waals surface area contributed by atoms with Gasteiger partial charge >= 0.3 is 0 Å². The fourth-order valence-electron chi connectivity index (χ4n) is 1.28. The zero-order valence-corrected chi connectivity index (χ0v) is 6.48. The molecule has 0 fully saturated rings. The van der Waals surface area contributed by atoms with Crippen LogP contribution < -0.4 is 0 Å². The van der Waals surface area contributed by atoms with E-state index in [-0.39, 0.29) is 19.1 Å². The predicted molar refractivity (Wildman–Crippen MR) is 44.0 cm³/mol. The van der Waals surface area contributed by atoms with Gasteiger partial charge in [-0.05, 0) is 12.3 Å². The summed E-state index contributed by atoms with van der Waals surface area (Å²) in [5.74, 6) is 0.325. The van der Waals surface area contributed by atoms with Crippen LogP contribution in [0.15, 0.2) is 24.3 Å². The Balaban J connectivity index is 2.45. The SMILES string of the molecule is OCC(CO)C1C=CC=CC1. The molecule has 11 heavy (non-hydrogen) atoms. The fourth-order valence-corrected chi connectivity index (χ4v) is 1.28. The summed E-state index contributed by atoms with van der Waals surface area (Å²) in [6.07, 6.45) is 8.98. The lowest BCUT2D eigenvalue weighted by Crippen LogP contribution is -2.20. The summed E-state index contributed by atoms with van der Waals surface area (Å²) in [5, 5.41) is 17.7. The molecule has 0 radical (unpaired) electrons. The van der Waals surface area contributed by atoms with Crippen LogP contribution in [-0.4, -0.2) is 23.4 Å². The molecule has 1 aliphatic carbocycles. The minimum Gasteiger partial charge on any atom is -0.396 e. The molecule has 0 saturated heterocycles. The lowest BCUT2D eigenvalue weighted by atomic mass is 9.88. The van der Waals surface area contributed by atoms with Gasteiger partial charge in [-0.2, -0.15) is 0 Å². The van der Waals surface area contributed by atoms with Crippen molar-refractivity contribution in [2.75, 3.05) is 13.2 Å². The second kappa shape index (κ2) is 4.31. The van der Waals surface area contributed by atoms with Gasteiger partial charge in [0.25, 0.3) is 0 Å². The maximum Gasteiger partial charge on any atom is 0.0486 e. The molecule has 1 aliphatic rings. The summed E-state index contributed by atoms with van der Waals surface area (Å²) >= 11 is 0. The molecule has 0 heterocycles. The maximum absolute atomic E-state index is 8.86. The lowest BCUT2D eigenvalue weighted by molar-refractivity contribution is 0.122. The molecule has 2 nitrogen and oxygen atoms in total.